The number of primary amides is 1. The largest absolute Gasteiger partial charge is 0.421 e. The minimum atomic E-state index is -0.271. The van der Waals surface area contributed by atoms with E-state index in [1.165, 1.54) is 0 Å². The summed E-state index contributed by atoms with van der Waals surface area (Å²) >= 11 is 1.55. The van der Waals surface area contributed by atoms with Crippen LogP contribution in [0.25, 0.3) is 11.5 Å². The second-order valence-electron chi connectivity index (χ2n) is 7.15. The van der Waals surface area contributed by atoms with Crippen LogP contribution in [0.3, 0.4) is 0 Å². The van der Waals surface area contributed by atoms with Gasteiger partial charge < -0.3 is 20.4 Å². The van der Waals surface area contributed by atoms with Crippen LogP contribution in [-0.4, -0.2) is 40.1 Å². The summed E-state index contributed by atoms with van der Waals surface area (Å²) in [7, 11) is 0. The van der Waals surface area contributed by atoms with Crippen LogP contribution >= 0.6 is 11.3 Å². The summed E-state index contributed by atoms with van der Waals surface area (Å²) in [6.45, 7) is 1.41. The second kappa shape index (κ2) is 9.04. The first-order valence-electron chi connectivity index (χ1n) is 9.73. The first-order chi connectivity index (χ1) is 14.6. The number of pyridine rings is 1. The molecule has 0 aliphatic carbocycles. The average molecular weight is 427 g/mol. The van der Waals surface area contributed by atoms with Crippen LogP contribution in [0.15, 0.2) is 39.6 Å². The highest BCUT2D eigenvalue weighted by Crippen LogP contribution is 2.23. The molecule has 3 N–H and O–H groups in total. The van der Waals surface area contributed by atoms with E-state index in [4.69, 9.17) is 10.2 Å². The highest BCUT2D eigenvalue weighted by molar-refractivity contribution is 7.08. The quantitative estimate of drug-likeness (QED) is 0.594. The molecule has 2 amide bonds. The number of carbonyl (C=O) groups excluding carboxylic acids is 2. The van der Waals surface area contributed by atoms with Crippen molar-refractivity contribution < 1.29 is 14.0 Å². The molecule has 1 aliphatic heterocycles. The Labute approximate surface area is 177 Å². The number of nitrogens with two attached hydrogens (primary N) is 1. The molecule has 1 fully saturated rings. The molecule has 0 bridgehead atoms. The van der Waals surface area contributed by atoms with Gasteiger partial charge in [0.25, 0.3) is 0 Å². The third-order valence-electron chi connectivity index (χ3n) is 4.98. The van der Waals surface area contributed by atoms with Gasteiger partial charge in [-0.15, -0.1) is 10.2 Å². The maximum absolute atomic E-state index is 12.2. The fraction of sp³-hybridized carbons (Fsp3) is 0.350. The number of hydrogen-bond donors (Lipinski definition) is 2. The van der Waals surface area contributed by atoms with E-state index in [1.54, 1.807) is 23.6 Å². The molecule has 10 heteroatoms. The van der Waals surface area contributed by atoms with Crippen molar-refractivity contribution in [3.05, 3.63) is 41.0 Å². The summed E-state index contributed by atoms with van der Waals surface area (Å²) < 4.78 is 5.59. The molecular weight excluding hydrogens is 404 g/mol. The summed E-state index contributed by atoms with van der Waals surface area (Å²) in [6, 6.07) is 5.54. The SMILES string of the molecule is NC(=O)C1CCCN(c2ccc(NC(=O)CCc3nnc(-c4ccsc4)o3)cn2)C1. The lowest BCUT2D eigenvalue weighted by Crippen LogP contribution is -2.41. The van der Waals surface area contributed by atoms with E-state index in [9.17, 15) is 9.59 Å². The van der Waals surface area contributed by atoms with Crippen molar-refractivity contribution in [3.63, 3.8) is 0 Å². The fourth-order valence-corrected chi connectivity index (χ4v) is 4.00. The van der Waals surface area contributed by atoms with Gasteiger partial charge in [-0.1, -0.05) is 0 Å². The van der Waals surface area contributed by atoms with Gasteiger partial charge in [-0.05, 0) is 36.4 Å². The molecule has 0 aromatic carbocycles. The van der Waals surface area contributed by atoms with Crippen LogP contribution in [0, 0.1) is 5.92 Å². The van der Waals surface area contributed by atoms with Crippen molar-refractivity contribution in [2.24, 2.45) is 11.7 Å². The summed E-state index contributed by atoms with van der Waals surface area (Å²) in [5.41, 5.74) is 6.92. The number of nitrogens with one attached hydrogen (secondary N) is 1. The van der Waals surface area contributed by atoms with Crippen molar-refractivity contribution in [1.82, 2.24) is 15.2 Å². The number of nitrogens with zero attached hydrogens (tertiary/aromatic N) is 4. The van der Waals surface area contributed by atoms with Crippen molar-refractivity contribution in [3.8, 4) is 11.5 Å². The minimum absolute atomic E-state index is 0.148. The van der Waals surface area contributed by atoms with Crippen LogP contribution < -0.4 is 16.0 Å². The van der Waals surface area contributed by atoms with E-state index >= 15 is 0 Å². The van der Waals surface area contributed by atoms with Crippen molar-refractivity contribution >= 4 is 34.7 Å². The van der Waals surface area contributed by atoms with E-state index in [1.807, 2.05) is 27.8 Å². The standard InChI is InChI=1S/C20H22N6O3S/c21-19(28)13-2-1-8-26(11-13)16-4-3-15(10-22-16)23-17(27)5-6-18-24-25-20(29-18)14-7-9-30-12-14/h3-4,7,9-10,12-13H,1-2,5-6,8,11H2,(H2,21,28)(H,23,27). The van der Waals surface area contributed by atoms with Gasteiger partial charge in [-0.2, -0.15) is 11.3 Å². The third kappa shape index (κ3) is 4.82. The van der Waals surface area contributed by atoms with Gasteiger partial charge in [0.2, 0.25) is 23.6 Å². The molecule has 1 aliphatic rings. The average Bonchev–Trinajstić information content (AvgIpc) is 3.45. The van der Waals surface area contributed by atoms with Gasteiger partial charge in [0, 0.05) is 36.9 Å². The van der Waals surface area contributed by atoms with Crippen molar-refractivity contribution in [2.45, 2.75) is 25.7 Å². The van der Waals surface area contributed by atoms with Crippen LogP contribution in [-0.2, 0) is 16.0 Å². The Balaban J connectivity index is 1.28. The molecular formula is C20H22N6O3S. The molecule has 1 saturated heterocycles. The molecule has 0 radical (unpaired) electrons. The predicted octanol–water partition coefficient (Wildman–Crippen LogP) is 2.47. The van der Waals surface area contributed by atoms with Gasteiger partial charge >= 0.3 is 0 Å². The number of carbonyl (C=O) groups is 2. The molecule has 4 rings (SSSR count). The predicted molar refractivity (Wildman–Crippen MR) is 113 cm³/mol. The lowest BCUT2D eigenvalue weighted by atomic mass is 9.97. The Kier molecular flexibility index (Phi) is 6.03. The smallest absolute Gasteiger partial charge is 0.248 e. The number of aryl methyl sites for hydroxylation is 1. The molecule has 156 valence electrons. The van der Waals surface area contributed by atoms with E-state index in [0.717, 1.165) is 30.8 Å². The lowest BCUT2D eigenvalue weighted by molar-refractivity contribution is -0.122. The summed E-state index contributed by atoms with van der Waals surface area (Å²) in [5.74, 6) is 1.08. The van der Waals surface area contributed by atoms with Crippen LogP contribution in [0.2, 0.25) is 0 Å². The van der Waals surface area contributed by atoms with Gasteiger partial charge in [0.15, 0.2) is 0 Å². The number of rotatable bonds is 7. The topological polar surface area (TPSA) is 127 Å². The first-order valence-corrected chi connectivity index (χ1v) is 10.7. The summed E-state index contributed by atoms with van der Waals surface area (Å²) in [5, 5.41) is 14.7. The first kappa shape index (κ1) is 20.0. The zero-order valence-electron chi connectivity index (χ0n) is 16.3. The highest BCUT2D eigenvalue weighted by atomic mass is 32.1. The number of aromatic nitrogens is 3. The van der Waals surface area contributed by atoms with E-state index in [2.05, 4.69) is 20.5 Å². The molecule has 3 aromatic rings. The Morgan fingerprint density at radius 1 is 1.30 bits per heavy atom. The van der Waals surface area contributed by atoms with E-state index < -0.39 is 0 Å². The molecule has 1 unspecified atom stereocenters. The summed E-state index contributed by atoms with van der Waals surface area (Å²) in [6.07, 6.45) is 3.91. The number of amides is 2. The van der Waals surface area contributed by atoms with Crippen LogP contribution in [0.4, 0.5) is 11.5 Å². The van der Waals surface area contributed by atoms with Gasteiger partial charge in [-0.3, -0.25) is 9.59 Å². The fourth-order valence-electron chi connectivity index (χ4n) is 3.37. The van der Waals surface area contributed by atoms with Crippen molar-refractivity contribution in [1.29, 1.82) is 0 Å². The van der Waals surface area contributed by atoms with Crippen LogP contribution in [0.1, 0.15) is 25.2 Å². The normalized spacial score (nSPS) is 16.4. The number of hydrogen-bond acceptors (Lipinski definition) is 8. The van der Waals surface area contributed by atoms with Crippen molar-refractivity contribution in [2.75, 3.05) is 23.3 Å². The Bertz CT molecular complexity index is 1000. The zero-order chi connectivity index (χ0) is 20.9. The van der Waals surface area contributed by atoms with E-state index in [-0.39, 0.29) is 24.2 Å². The number of thiophene rings is 1. The molecule has 1 atom stereocenters. The molecule has 30 heavy (non-hydrogen) atoms. The molecule has 4 heterocycles. The van der Waals surface area contributed by atoms with Gasteiger partial charge in [0.05, 0.1) is 17.8 Å². The van der Waals surface area contributed by atoms with Crippen LogP contribution in [0.5, 0.6) is 0 Å². The number of piperidine rings is 1. The minimum Gasteiger partial charge on any atom is -0.421 e. The Hall–Kier alpha value is -3.27. The Morgan fingerprint density at radius 3 is 2.93 bits per heavy atom. The monoisotopic (exact) mass is 426 g/mol. The zero-order valence-corrected chi connectivity index (χ0v) is 17.1. The molecule has 9 nitrogen and oxygen atoms in total. The maximum atomic E-state index is 12.2. The van der Waals surface area contributed by atoms with E-state index in [0.29, 0.717) is 30.4 Å². The third-order valence-corrected chi connectivity index (χ3v) is 5.66. The van der Waals surface area contributed by atoms with Gasteiger partial charge in [-0.25, -0.2) is 4.98 Å². The molecule has 0 spiro atoms. The Morgan fingerprint density at radius 2 is 2.20 bits per heavy atom. The maximum Gasteiger partial charge on any atom is 0.248 e. The van der Waals surface area contributed by atoms with Gasteiger partial charge in [0.1, 0.15) is 5.82 Å². The molecule has 3 aromatic heterocycles. The number of anilines is 2. The lowest BCUT2D eigenvalue weighted by Gasteiger charge is -2.32. The molecule has 0 saturated carbocycles. The summed E-state index contributed by atoms with van der Waals surface area (Å²) in [4.78, 5) is 30.1. The second-order valence-corrected chi connectivity index (χ2v) is 7.93. The highest BCUT2D eigenvalue weighted by Gasteiger charge is 2.24.